The molecule has 1 aliphatic rings. The average Bonchev–Trinajstić information content (AvgIpc) is 3.09. The molecule has 3 nitrogen and oxygen atoms in total. The highest BCUT2D eigenvalue weighted by Crippen LogP contribution is 2.17. The van der Waals surface area contributed by atoms with E-state index in [-0.39, 0.29) is 5.91 Å². The van der Waals surface area contributed by atoms with Gasteiger partial charge in [0.2, 0.25) is 0 Å². The third-order valence-electron chi connectivity index (χ3n) is 2.53. The van der Waals surface area contributed by atoms with Crippen molar-refractivity contribution in [1.29, 1.82) is 0 Å². The SMILES string of the molecule is O=C(NCCNC1CC1)c1ccc(I)cc1. The number of hydrogen-bond donors (Lipinski definition) is 2. The zero-order valence-corrected chi connectivity index (χ0v) is 11.2. The highest BCUT2D eigenvalue weighted by Gasteiger charge is 2.19. The molecule has 0 radical (unpaired) electrons. The summed E-state index contributed by atoms with van der Waals surface area (Å²) in [6, 6.07) is 8.29. The molecule has 1 amide bonds. The summed E-state index contributed by atoms with van der Waals surface area (Å²) < 4.78 is 1.14. The molecular weight excluding hydrogens is 315 g/mol. The first kappa shape index (κ1) is 11.9. The Bertz CT molecular complexity index is 360. The van der Waals surface area contributed by atoms with Gasteiger partial charge in [-0.05, 0) is 59.7 Å². The molecule has 86 valence electrons. The lowest BCUT2D eigenvalue weighted by atomic mass is 10.2. The zero-order valence-electron chi connectivity index (χ0n) is 9.00. The lowest BCUT2D eigenvalue weighted by Gasteiger charge is -2.06. The smallest absolute Gasteiger partial charge is 0.251 e. The quantitative estimate of drug-likeness (QED) is 0.638. The van der Waals surface area contributed by atoms with E-state index in [1.165, 1.54) is 12.8 Å². The van der Waals surface area contributed by atoms with Gasteiger partial charge in [-0.1, -0.05) is 0 Å². The van der Waals surface area contributed by atoms with Gasteiger partial charge in [0.1, 0.15) is 0 Å². The molecule has 2 rings (SSSR count). The lowest BCUT2D eigenvalue weighted by molar-refractivity contribution is 0.0954. The van der Waals surface area contributed by atoms with Crippen LogP contribution in [0, 0.1) is 3.57 Å². The summed E-state index contributed by atoms with van der Waals surface area (Å²) in [5, 5.41) is 6.25. The number of halogens is 1. The van der Waals surface area contributed by atoms with Gasteiger partial charge in [0.05, 0.1) is 0 Å². The molecule has 0 aromatic heterocycles. The highest BCUT2D eigenvalue weighted by atomic mass is 127. The Balaban J connectivity index is 1.71. The zero-order chi connectivity index (χ0) is 11.4. The molecule has 0 unspecified atom stereocenters. The highest BCUT2D eigenvalue weighted by molar-refractivity contribution is 14.1. The van der Waals surface area contributed by atoms with E-state index < -0.39 is 0 Å². The first-order chi connectivity index (χ1) is 7.75. The first-order valence-electron chi connectivity index (χ1n) is 5.53. The molecule has 1 aromatic carbocycles. The van der Waals surface area contributed by atoms with Crippen LogP contribution < -0.4 is 10.6 Å². The maximum absolute atomic E-state index is 11.7. The number of amides is 1. The Morgan fingerprint density at radius 2 is 1.94 bits per heavy atom. The van der Waals surface area contributed by atoms with Crippen molar-refractivity contribution < 1.29 is 4.79 Å². The van der Waals surface area contributed by atoms with Crippen molar-refractivity contribution in [1.82, 2.24) is 10.6 Å². The summed E-state index contributed by atoms with van der Waals surface area (Å²) in [6.07, 6.45) is 2.57. The van der Waals surface area contributed by atoms with Crippen molar-refractivity contribution in [2.75, 3.05) is 13.1 Å². The van der Waals surface area contributed by atoms with Crippen LogP contribution in [0.25, 0.3) is 0 Å². The molecule has 16 heavy (non-hydrogen) atoms. The number of carbonyl (C=O) groups is 1. The van der Waals surface area contributed by atoms with E-state index in [1.54, 1.807) is 0 Å². The van der Waals surface area contributed by atoms with Crippen LogP contribution in [-0.4, -0.2) is 25.0 Å². The Labute approximate surface area is 109 Å². The van der Waals surface area contributed by atoms with Gasteiger partial charge >= 0.3 is 0 Å². The minimum atomic E-state index is 0.00833. The topological polar surface area (TPSA) is 41.1 Å². The second-order valence-electron chi connectivity index (χ2n) is 3.99. The molecule has 0 saturated heterocycles. The fraction of sp³-hybridized carbons (Fsp3) is 0.417. The van der Waals surface area contributed by atoms with Crippen LogP contribution in [0.4, 0.5) is 0 Å². The summed E-state index contributed by atoms with van der Waals surface area (Å²) in [7, 11) is 0. The maximum Gasteiger partial charge on any atom is 0.251 e. The Morgan fingerprint density at radius 3 is 2.56 bits per heavy atom. The monoisotopic (exact) mass is 330 g/mol. The van der Waals surface area contributed by atoms with Gasteiger partial charge in [-0.3, -0.25) is 4.79 Å². The number of carbonyl (C=O) groups excluding carboxylic acids is 1. The molecule has 0 bridgehead atoms. The Kier molecular flexibility index (Phi) is 4.17. The molecule has 0 aliphatic heterocycles. The van der Waals surface area contributed by atoms with Crippen molar-refractivity contribution in [2.24, 2.45) is 0 Å². The van der Waals surface area contributed by atoms with E-state index in [0.717, 1.165) is 15.7 Å². The average molecular weight is 330 g/mol. The summed E-state index contributed by atoms with van der Waals surface area (Å²) in [6.45, 7) is 1.56. The Morgan fingerprint density at radius 1 is 1.25 bits per heavy atom. The Hall–Kier alpha value is -0.620. The lowest BCUT2D eigenvalue weighted by Crippen LogP contribution is -2.32. The number of nitrogens with one attached hydrogen (secondary N) is 2. The van der Waals surface area contributed by atoms with Gasteiger partial charge in [-0.2, -0.15) is 0 Å². The minimum Gasteiger partial charge on any atom is -0.351 e. The van der Waals surface area contributed by atoms with E-state index >= 15 is 0 Å². The standard InChI is InChI=1S/C12H15IN2O/c13-10-3-1-9(2-4-10)12(16)15-8-7-14-11-5-6-11/h1-4,11,14H,5-8H2,(H,15,16). The van der Waals surface area contributed by atoms with Gasteiger partial charge in [-0.25, -0.2) is 0 Å². The first-order valence-corrected chi connectivity index (χ1v) is 6.61. The molecule has 2 N–H and O–H groups in total. The van der Waals surface area contributed by atoms with E-state index in [0.29, 0.717) is 12.6 Å². The van der Waals surface area contributed by atoms with Gasteiger partial charge in [0.25, 0.3) is 5.91 Å². The van der Waals surface area contributed by atoms with E-state index in [1.807, 2.05) is 24.3 Å². The number of benzene rings is 1. The normalized spacial score (nSPS) is 14.8. The molecule has 1 aliphatic carbocycles. The van der Waals surface area contributed by atoms with Crippen LogP contribution in [0.5, 0.6) is 0 Å². The second kappa shape index (κ2) is 5.63. The van der Waals surface area contributed by atoms with E-state index in [2.05, 4.69) is 33.2 Å². The third-order valence-corrected chi connectivity index (χ3v) is 3.25. The van der Waals surface area contributed by atoms with Crippen molar-refractivity contribution in [3.05, 3.63) is 33.4 Å². The molecule has 0 spiro atoms. The molecule has 1 aromatic rings. The summed E-state index contributed by atoms with van der Waals surface area (Å²) in [4.78, 5) is 11.7. The summed E-state index contributed by atoms with van der Waals surface area (Å²) in [5.74, 6) is 0.00833. The van der Waals surface area contributed by atoms with Crippen molar-refractivity contribution in [3.63, 3.8) is 0 Å². The molecular formula is C12H15IN2O. The third kappa shape index (κ3) is 3.75. The van der Waals surface area contributed by atoms with E-state index in [9.17, 15) is 4.79 Å². The maximum atomic E-state index is 11.7. The number of hydrogen-bond acceptors (Lipinski definition) is 2. The molecule has 0 heterocycles. The van der Waals surface area contributed by atoms with Crippen LogP contribution >= 0.6 is 22.6 Å². The summed E-state index contributed by atoms with van der Waals surface area (Å²) in [5.41, 5.74) is 0.729. The van der Waals surface area contributed by atoms with Gasteiger partial charge in [0, 0.05) is 28.3 Å². The molecule has 1 saturated carbocycles. The van der Waals surface area contributed by atoms with E-state index in [4.69, 9.17) is 0 Å². The van der Waals surface area contributed by atoms with Crippen molar-refractivity contribution >= 4 is 28.5 Å². The van der Waals surface area contributed by atoms with Gasteiger partial charge < -0.3 is 10.6 Å². The largest absolute Gasteiger partial charge is 0.351 e. The van der Waals surface area contributed by atoms with Crippen LogP contribution in [-0.2, 0) is 0 Å². The van der Waals surface area contributed by atoms with Gasteiger partial charge in [-0.15, -0.1) is 0 Å². The van der Waals surface area contributed by atoms with Gasteiger partial charge in [0.15, 0.2) is 0 Å². The number of rotatable bonds is 5. The van der Waals surface area contributed by atoms with Crippen molar-refractivity contribution in [3.8, 4) is 0 Å². The predicted octanol–water partition coefficient (Wildman–Crippen LogP) is 1.77. The van der Waals surface area contributed by atoms with Crippen LogP contribution in [0.15, 0.2) is 24.3 Å². The fourth-order valence-electron chi connectivity index (χ4n) is 1.44. The summed E-state index contributed by atoms with van der Waals surface area (Å²) >= 11 is 2.23. The van der Waals surface area contributed by atoms with Crippen LogP contribution in [0.1, 0.15) is 23.2 Å². The van der Waals surface area contributed by atoms with Crippen molar-refractivity contribution in [2.45, 2.75) is 18.9 Å². The minimum absolute atomic E-state index is 0.00833. The second-order valence-corrected chi connectivity index (χ2v) is 5.24. The predicted molar refractivity (Wildman–Crippen MR) is 72.5 cm³/mol. The van der Waals surface area contributed by atoms with Crippen LogP contribution in [0.2, 0.25) is 0 Å². The molecule has 4 heteroatoms. The fourth-order valence-corrected chi connectivity index (χ4v) is 1.80. The molecule has 1 fully saturated rings. The molecule has 0 atom stereocenters. The van der Waals surface area contributed by atoms with Crippen LogP contribution in [0.3, 0.4) is 0 Å².